The van der Waals surface area contributed by atoms with Gasteiger partial charge in [0.05, 0.1) is 17.0 Å². The van der Waals surface area contributed by atoms with Crippen LogP contribution in [0, 0.1) is 6.92 Å². The summed E-state index contributed by atoms with van der Waals surface area (Å²) in [6.45, 7) is 2.29. The van der Waals surface area contributed by atoms with Crippen molar-refractivity contribution in [3.8, 4) is 0 Å². The van der Waals surface area contributed by atoms with Crippen molar-refractivity contribution in [2.75, 3.05) is 6.54 Å². The normalized spacial score (nSPS) is 26.4. The Hall–Kier alpha value is -1.43. The van der Waals surface area contributed by atoms with Gasteiger partial charge in [-0.3, -0.25) is 0 Å². The topological polar surface area (TPSA) is 57.6 Å². The molecule has 1 aliphatic carbocycles. The Balaban J connectivity index is 1.93. The Morgan fingerprint density at radius 1 is 1.25 bits per heavy atom. The van der Waals surface area contributed by atoms with E-state index in [9.17, 15) is 13.5 Å². The molecule has 0 saturated carbocycles. The summed E-state index contributed by atoms with van der Waals surface area (Å²) in [4.78, 5) is 0.307. The van der Waals surface area contributed by atoms with Crippen LogP contribution in [0.3, 0.4) is 0 Å². The fourth-order valence-corrected chi connectivity index (χ4v) is 4.26. The van der Waals surface area contributed by atoms with Crippen LogP contribution in [-0.4, -0.2) is 36.5 Å². The van der Waals surface area contributed by atoms with Crippen LogP contribution in [0.1, 0.15) is 12.0 Å². The van der Waals surface area contributed by atoms with Crippen molar-refractivity contribution < 1.29 is 13.5 Å². The van der Waals surface area contributed by atoms with Crippen LogP contribution in [0.25, 0.3) is 0 Å². The van der Waals surface area contributed by atoms with Gasteiger partial charge in [0.15, 0.2) is 0 Å². The fraction of sp³-hybridized carbons (Fsp3) is 0.333. The van der Waals surface area contributed by atoms with Crippen molar-refractivity contribution in [3.05, 3.63) is 53.6 Å². The molecule has 0 aromatic heterocycles. The second-order valence-corrected chi connectivity index (χ2v) is 7.16. The number of sulfonamides is 1. The fourth-order valence-electron chi connectivity index (χ4n) is 2.70. The minimum absolute atomic E-state index is 0.249. The predicted octanol–water partition coefficient (Wildman–Crippen LogP) is 1.62. The van der Waals surface area contributed by atoms with Gasteiger partial charge >= 0.3 is 0 Å². The highest BCUT2D eigenvalue weighted by Gasteiger charge is 2.38. The van der Waals surface area contributed by atoms with Gasteiger partial charge in [-0.2, -0.15) is 4.31 Å². The third-order valence-electron chi connectivity index (χ3n) is 3.84. The maximum Gasteiger partial charge on any atom is 0.243 e. The highest BCUT2D eigenvalue weighted by atomic mass is 32.2. The second kappa shape index (κ2) is 4.84. The third-order valence-corrected chi connectivity index (χ3v) is 5.73. The molecule has 20 heavy (non-hydrogen) atoms. The quantitative estimate of drug-likeness (QED) is 0.900. The molecule has 0 bridgehead atoms. The summed E-state index contributed by atoms with van der Waals surface area (Å²) in [6.07, 6.45) is 5.30. The SMILES string of the molecule is Cc1ccc(S(=O)(=O)N2CC=C3C=C[C@@H](O)C[C@H]32)cc1. The van der Waals surface area contributed by atoms with Gasteiger partial charge in [-0.25, -0.2) is 8.42 Å². The van der Waals surface area contributed by atoms with Gasteiger partial charge in [0.2, 0.25) is 10.0 Å². The molecule has 1 aromatic carbocycles. The molecular weight excluding hydrogens is 274 g/mol. The maximum absolute atomic E-state index is 12.7. The van der Waals surface area contributed by atoms with E-state index in [1.807, 2.05) is 19.1 Å². The molecule has 106 valence electrons. The molecule has 1 aliphatic heterocycles. The lowest BCUT2D eigenvalue weighted by Gasteiger charge is -2.29. The third kappa shape index (κ3) is 2.22. The summed E-state index contributed by atoms with van der Waals surface area (Å²) < 4.78 is 26.9. The lowest BCUT2D eigenvalue weighted by atomic mass is 9.96. The number of aryl methyl sites for hydroxylation is 1. The Labute approximate surface area is 119 Å². The molecule has 0 radical (unpaired) electrons. The minimum Gasteiger partial charge on any atom is -0.389 e. The van der Waals surface area contributed by atoms with Gasteiger partial charge in [-0.1, -0.05) is 35.9 Å². The van der Waals surface area contributed by atoms with E-state index >= 15 is 0 Å². The van der Waals surface area contributed by atoms with Crippen molar-refractivity contribution in [1.82, 2.24) is 4.31 Å². The first-order valence-electron chi connectivity index (χ1n) is 6.63. The van der Waals surface area contributed by atoms with E-state index in [0.717, 1.165) is 11.1 Å². The Bertz CT molecular complexity index is 674. The second-order valence-electron chi connectivity index (χ2n) is 5.27. The highest BCUT2D eigenvalue weighted by molar-refractivity contribution is 7.89. The largest absolute Gasteiger partial charge is 0.389 e. The Morgan fingerprint density at radius 2 is 1.95 bits per heavy atom. The van der Waals surface area contributed by atoms with Crippen molar-refractivity contribution >= 4 is 10.0 Å². The molecule has 0 fully saturated rings. The molecular formula is C15H17NO3S. The van der Waals surface area contributed by atoms with E-state index in [-0.39, 0.29) is 6.04 Å². The van der Waals surface area contributed by atoms with E-state index < -0.39 is 16.1 Å². The first-order chi connectivity index (χ1) is 9.48. The molecule has 0 spiro atoms. The number of rotatable bonds is 2. The number of nitrogens with zero attached hydrogens (tertiary/aromatic N) is 1. The van der Waals surface area contributed by atoms with E-state index in [4.69, 9.17) is 0 Å². The van der Waals surface area contributed by atoms with E-state index in [1.54, 1.807) is 30.3 Å². The van der Waals surface area contributed by atoms with E-state index in [2.05, 4.69) is 0 Å². The lowest BCUT2D eigenvalue weighted by Crippen LogP contribution is -2.40. The van der Waals surface area contributed by atoms with Gasteiger partial charge < -0.3 is 5.11 Å². The smallest absolute Gasteiger partial charge is 0.243 e. The number of fused-ring (bicyclic) bond motifs is 1. The first-order valence-corrected chi connectivity index (χ1v) is 8.07. The van der Waals surface area contributed by atoms with Gasteiger partial charge in [-0.15, -0.1) is 0 Å². The number of hydrogen-bond acceptors (Lipinski definition) is 3. The number of hydrogen-bond donors (Lipinski definition) is 1. The molecule has 2 atom stereocenters. The molecule has 0 saturated heterocycles. The molecule has 0 amide bonds. The van der Waals surface area contributed by atoms with Gasteiger partial charge in [0.1, 0.15) is 0 Å². The molecule has 1 N–H and O–H groups in total. The summed E-state index contributed by atoms with van der Waals surface area (Å²) in [6, 6.07) is 6.62. The monoisotopic (exact) mass is 291 g/mol. The van der Waals surface area contributed by atoms with Crippen LogP contribution in [0.15, 0.2) is 53.0 Å². The molecule has 1 heterocycles. The zero-order valence-electron chi connectivity index (χ0n) is 11.2. The van der Waals surface area contributed by atoms with Crippen LogP contribution in [0.2, 0.25) is 0 Å². The molecule has 2 aliphatic rings. The van der Waals surface area contributed by atoms with E-state index in [0.29, 0.717) is 17.9 Å². The number of aliphatic hydroxyl groups excluding tert-OH is 1. The Morgan fingerprint density at radius 3 is 2.65 bits per heavy atom. The van der Waals surface area contributed by atoms with Crippen molar-refractivity contribution in [3.63, 3.8) is 0 Å². The Kier molecular flexibility index (Phi) is 3.28. The average molecular weight is 291 g/mol. The van der Waals surface area contributed by atoms with Crippen LogP contribution < -0.4 is 0 Å². The molecule has 1 aromatic rings. The lowest BCUT2D eigenvalue weighted by molar-refractivity contribution is 0.183. The van der Waals surface area contributed by atoms with Crippen LogP contribution >= 0.6 is 0 Å². The summed E-state index contributed by atoms with van der Waals surface area (Å²) in [5.41, 5.74) is 2.01. The first kappa shape index (κ1) is 13.5. The number of benzene rings is 1. The van der Waals surface area contributed by atoms with Crippen molar-refractivity contribution in [1.29, 1.82) is 0 Å². The average Bonchev–Trinajstić information content (AvgIpc) is 2.82. The maximum atomic E-state index is 12.7. The zero-order chi connectivity index (χ0) is 14.3. The van der Waals surface area contributed by atoms with Gasteiger partial charge in [0.25, 0.3) is 0 Å². The zero-order valence-corrected chi connectivity index (χ0v) is 12.0. The van der Waals surface area contributed by atoms with Crippen molar-refractivity contribution in [2.45, 2.75) is 30.4 Å². The van der Waals surface area contributed by atoms with Gasteiger partial charge in [-0.05, 0) is 31.1 Å². The summed E-state index contributed by atoms with van der Waals surface area (Å²) in [7, 11) is -3.51. The molecule has 3 rings (SSSR count). The van der Waals surface area contributed by atoms with Crippen molar-refractivity contribution in [2.24, 2.45) is 0 Å². The summed E-state index contributed by atoms with van der Waals surface area (Å²) >= 11 is 0. The van der Waals surface area contributed by atoms with Crippen LogP contribution in [0.5, 0.6) is 0 Å². The molecule has 4 nitrogen and oxygen atoms in total. The summed E-state index contributed by atoms with van der Waals surface area (Å²) in [5, 5.41) is 9.71. The molecule has 5 heteroatoms. The number of aliphatic hydroxyl groups is 1. The predicted molar refractivity (Wildman–Crippen MR) is 76.7 cm³/mol. The highest BCUT2D eigenvalue weighted by Crippen LogP contribution is 2.32. The van der Waals surface area contributed by atoms with Crippen LogP contribution in [0.4, 0.5) is 0 Å². The molecule has 0 unspecified atom stereocenters. The standard InChI is InChI=1S/C15H17NO3S/c1-11-2-6-14(7-3-11)20(18,19)16-9-8-12-4-5-13(17)10-15(12)16/h2-8,13,15,17H,9-10H2,1H3/t13-,15-/m1/s1. The van der Waals surface area contributed by atoms with Crippen LogP contribution in [-0.2, 0) is 10.0 Å². The minimum atomic E-state index is -3.51. The van der Waals surface area contributed by atoms with Gasteiger partial charge in [0, 0.05) is 6.54 Å². The summed E-state index contributed by atoms with van der Waals surface area (Å²) in [5.74, 6) is 0. The van der Waals surface area contributed by atoms with E-state index in [1.165, 1.54) is 4.31 Å².